The Morgan fingerprint density at radius 1 is 0.963 bits per heavy atom. The van der Waals surface area contributed by atoms with E-state index in [0.717, 1.165) is 53.3 Å². The minimum absolute atomic E-state index is 0.139. The summed E-state index contributed by atoms with van der Waals surface area (Å²) in [5, 5.41) is 0. The quantitative estimate of drug-likeness (QED) is 0.523. The molecule has 1 heterocycles. The molecule has 1 unspecified atom stereocenters. The predicted octanol–water partition coefficient (Wildman–Crippen LogP) is 4.73. The Kier molecular flexibility index (Phi) is 5.85. The van der Waals surface area contributed by atoms with E-state index >= 15 is 0 Å². The van der Waals surface area contributed by atoms with Gasteiger partial charge in [-0.15, -0.1) is 0 Å². The molecule has 1 atom stereocenters. The van der Waals surface area contributed by atoms with Gasteiger partial charge in [0.05, 0.1) is 19.6 Å². The predicted molar refractivity (Wildman–Crippen MR) is 107 cm³/mol. The van der Waals surface area contributed by atoms with Crippen LogP contribution in [0.1, 0.15) is 44.7 Å². The van der Waals surface area contributed by atoms with Crippen molar-refractivity contribution >= 4 is 5.97 Å². The van der Waals surface area contributed by atoms with E-state index in [0.29, 0.717) is 0 Å². The second-order valence-electron chi connectivity index (χ2n) is 7.33. The van der Waals surface area contributed by atoms with Crippen LogP contribution in [0.15, 0.2) is 48.5 Å². The van der Waals surface area contributed by atoms with E-state index < -0.39 is 5.92 Å². The fraction of sp³-hybridized carbons (Fsp3) is 0.435. The molecule has 144 valence electrons. The zero-order valence-electron chi connectivity index (χ0n) is 16.8. The van der Waals surface area contributed by atoms with Gasteiger partial charge in [-0.05, 0) is 39.8 Å². The molecule has 0 radical (unpaired) electrons. The number of fused-ring (bicyclic) bond motifs is 2. The van der Waals surface area contributed by atoms with Crippen molar-refractivity contribution < 1.29 is 18.8 Å². The number of hydrogen-bond acceptors (Lipinski definition) is 3. The SMILES string of the molecule is CC[N+](CC)(CC)CC(C)OC(=O)C1c2ccccc2Oc2ccccc21. The van der Waals surface area contributed by atoms with Crippen LogP contribution in [0.25, 0.3) is 0 Å². The van der Waals surface area contributed by atoms with Crippen molar-refractivity contribution in [1.29, 1.82) is 0 Å². The molecule has 0 aromatic heterocycles. The molecule has 4 nitrogen and oxygen atoms in total. The highest BCUT2D eigenvalue weighted by Crippen LogP contribution is 2.44. The van der Waals surface area contributed by atoms with Gasteiger partial charge in [-0.3, -0.25) is 4.79 Å². The number of carbonyl (C=O) groups is 1. The molecule has 4 heteroatoms. The Morgan fingerprint density at radius 3 is 1.93 bits per heavy atom. The van der Waals surface area contributed by atoms with Gasteiger partial charge in [-0.25, -0.2) is 0 Å². The highest BCUT2D eigenvalue weighted by atomic mass is 16.5. The van der Waals surface area contributed by atoms with Crippen LogP contribution in [0.4, 0.5) is 0 Å². The van der Waals surface area contributed by atoms with Crippen molar-refractivity contribution in [2.45, 2.75) is 39.7 Å². The molecule has 1 aliphatic heterocycles. The molecule has 27 heavy (non-hydrogen) atoms. The lowest BCUT2D eigenvalue weighted by Gasteiger charge is -2.38. The number of quaternary nitrogens is 1. The van der Waals surface area contributed by atoms with Crippen molar-refractivity contribution in [3.63, 3.8) is 0 Å². The number of para-hydroxylation sites is 2. The van der Waals surface area contributed by atoms with Crippen LogP contribution in [0, 0.1) is 0 Å². The molecule has 0 N–H and O–H groups in total. The molecule has 3 rings (SSSR count). The van der Waals surface area contributed by atoms with Crippen LogP contribution in [0.5, 0.6) is 11.5 Å². The normalized spacial score (nSPS) is 14.7. The summed E-state index contributed by atoms with van der Waals surface area (Å²) in [6.07, 6.45) is -0.139. The van der Waals surface area contributed by atoms with E-state index in [1.165, 1.54) is 0 Å². The first-order chi connectivity index (χ1) is 13.0. The minimum atomic E-state index is -0.444. The van der Waals surface area contributed by atoms with E-state index in [1.54, 1.807) is 0 Å². The molecule has 0 fully saturated rings. The number of nitrogens with zero attached hydrogens (tertiary/aromatic N) is 1. The van der Waals surface area contributed by atoms with Crippen LogP contribution in [0.3, 0.4) is 0 Å². The fourth-order valence-electron chi connectivity index (χ4n) is 4.07. The Balaban J connectivity index is 1.85. The Morgan fingerprint density at radius 2 is 1.44 bits per heavy atom. The maximum atomic E-state index is 13.2. The number of likely N-dealkylation sites (N-methyl/N-ethyl adjacent to an activating group) is 1. The standard InChI is InChI=1S/C23H30NO3/c1-5-24(6-2,7-3)16-17(4)26-23(25)22-18-12-8-10-14-20(18)27-21-15-11-9-13-19(21)22/h8-15,17,22H,5-7,16H2,1-4H3/q+1. The Hall–Kier alpha value is -2.33. The first kappa shape index (κ1) is 19.4. The van der Waals surface area contributed by atoms with E-state index in [4.69, 9.17) is 9.47 Å². The van der Waals surface area contributed by atoms with Crippen LogP contribution < -0.4 is 4.74 Å². The summed E-state index contributed by atoms with van der Waals surface area (Å²) in [6.45, 7) is 12.6. The van der Waals surface area contributed by atoms with Gasteiger partial charge in [0, 0.05) is 11.1 Å². The van der Waals surface area contributed by atoms with Crippen LogP contribution in [-0.2, 0) is 9.53 Å². The summed E-state index contributed by atoms with van der Waals surface area (Å²) in [5.41, 5.74) is 1.74. The largest absolute Gasteiger partial charge is 0.457 e. The highest BCUT2D eigenvalue weighted by Gasteiger charge is 2.35. The minimum Gasteiger partial charge on any atom is -0.457 e. The second kappa shape index (κ2) is 8.13. The molecule has 0 amide bonds. The number of hydrogen-bond donors (Lipinski definition) is 0. The van der Waals surface area contributed by atoms with Gasteiger partial charge >= 0.3 is 5.97 Å². The molecule has 0 saturated heterocycles. The van der Waals surface area contributed by atoms with Crippen LogP contribution in [0.2, 0.25) is 0 Å². The molecule has 2 aromatic rings. The Bertz CT molecular complexity index is 744. The maximum absolute atomic E-state index is 13.2. The number of ether oxygens (including phenoxy) is 2. The van der Waals surface area contributed by atoms with Gasteiger partial charge in [-0.1, -0.05) is 36.4 Å². The van der Waals surface area contributed by atoms with Gasteiger partial charge in [-0.2, -0.15) is 0 Å². The van der Waals surface area contributed by atoms with Crippen molar-refractivity contribution in [2.75, 3.05) is 26.2 Å². The highest BCUT2D eigenvalue weighted by molar-refractivity contribution is 5.85. The number of benzene rings is 2. The van der Waals surface area contributed by atoms with Gasteiger partial charge in [0.2, 0.25) is 0 Å². The van der Waals surface area contributed by atoms with E-state index in [9.17, 15) is 4.79 Å². The lowest BCUT2D eigenvalue weighted by Crippen LogP contribution is -2.52. The third-order valence-electron chi connectivity index (χ3n) is 5.89. The Labute approximate surface area is 162 Å². The molecule has 0 spiro atoms. The summed E-state index contributed by atoms with van der Waals surface area (Å²) in [6, 6.07) is 15.4. The number of esters is 1. The maximum Gasteiger partial charge on any atom is 0.318 e. The molecular weight excluding hydrogens is 338 g/mol. The summed E-state index contributed by atoms with van der Waals surface area (Å²) in [7, 11) is 0. The topological polar surface area (TPSA) is 35.5 Å². The van der Waals surface area contributed by atoms with Gasteiger partial charge in [0.15, 0.2) is 0 Å². The smallest absolute Gasteiger partial charge is 0.318 e. The van der Waals surface area contributed by atoms with E-state index in [2.05, 4.69) is 20.8 Å². The molecular formula is C23H30NO3+. The van der Waals surface area contributed by atoms with Crippen molar-refractivity contribution in [3.05, 3.63) is 59.7 Å². The summed E-state index contributed by atoms with van der Waals surface area (Å²) >= 11 is 0. The second-order valence-corrected chi connectivity index (χ2v) is 7.33. The summed E-state index contributed by atoms with van der Waals surface area (Å²) in [5.74, 6) is 0.811. The molecule has 0 saturated carbocycles. The van der Waals surface area contributed by atoms with Crippen molar-refractivity contribution in [3.8, 4) is 11.5 Å². The third-order valence-corrected chi connectivity index (χ3v) is 5.89. The third kappa shape index (κ3) is 3.86. The molecule has 1 aliphatic rings. The first-order valence-electron chi connectivity index (χ1n) is 9.94. The lowest BCUT2D eigenvalue weighted by atomic mass is 9.88. The lowest BCUT2D eigenvalue weighted by molar-refractivity contribution is -0.925. The number of rotatable bonds is 7. The molecule has 0 aliphatic carbocycles. The average Bonchev–Trinajstić information content (AvgIpc) is 2.70. The van der Waals surface area contributed by atoms with Crippen molar-refractivity contribution in [2.24, 2.45) is 0 Å². The first-order valence-corrected chi connectivity index (χ1v) is 9.94. The van der Waals surface area contributed by atoms with E-state index in [1.807, 2.05) is 55.5 Å². The molecule has 0 bridgehead atoms. The van der Waals surface area contributed by atoms with Crippen LogP contribution in [-0.4, -0.2) is 42.7 Å². The average molecular weight is 368 g/mol. The van der Waals surface area contributed by atoms with E-state index in [-0.39, 0.29) is 12.1 Å². The van der Waals surface area contributed by atoms with Crippen molar-refractivity contribution in [1.82, 2.24) is 0 Å². The van der Waals surface area contributed by atoms with Crippen LogP contribution >= 0.6 is 0 Å². The van der Waals surface area contributed by atoms with Gasteiger partial charge in [0.1, 0.15) is 30.1 Å². The van der Waals surface area contributed by atoms with Gasteiger partial charge in [0.25, 0.3) is 0 Å². The monoisotopic (exact) mass is 368 g/mol. The summed E-state index contributed by atoms with van der Waals surface area (Å²) < 4.78 is 12.9. The zero-order valence-corrected chi connectivity index (χ0v) is 16.8. The fourth-order valence-corrected chi connectivity index (χ4v) is 4.07. The molecule has 2 aromatic carbocycles. The van der Waals surface area contributed by atoms with Gasteiger partial charge < -0.3 is 14.0 Å². The summed E-state index contributed by atoms with van der Waals surface area (Å²) in [4.78, 5) is 13.2. The number of carbonyl (C=O) groups excluding carboxylic acids is 1. The zero-order chi connectivity index (χ0) is 19.4.